The lowest BCUT2D eigenvalue weighted by atomic mass is 10.2. The molecule has 0 fully saturated rings. The average Bonchev–Trinajstić information content (AvgIpc) is 2.72. The number of nitrogens with zero attached hydrogens (tertiary/aromatic N) is 1. The summed E-state index contributed by atoms with van der Waals surface area (Å²) in [6.07, 6.45) is 1.43. The van der Waals surface area contributed by atoms with Gasteiger partial charge < -0.3 is 19.5 Å². The Morgan fingerprint density at radius 2 is 1.75 bits per heavy atom. The summed E-state index contributed by atoms with van der Waals surface area (Å²) in [5.41, 5.74) is 2.98. The molecule has 0 radical (unpaired) electrons. The van der Waals surface area contributed by atoms with Gasteiger partial charge in [-0.1, -0.05) is 11.6 Å². The number of carbonyl (C=O) groups excluding carboxylic acids is 2. The number of rotatable bonds is 9. The number of methoxy groups -OCH3 is 2. The van der Waals surface area contributed by atoms with Gasteiger partial charge in [0.2, 0.25) is 0 Å². The summed E-state index contributed by atoms with van der Waals surface area (Å²) < 4.78 is 15.6. The Kier molecular flexibility index (Phi) is 8.11. The van der Waals surface area contributed by atoms with Crippen LogP contribution in [0.2, 0.25) is 5.02 Å². The Hall–Kier alpha value is -3.26. The van der Waals surface area contributed by atoms with E-state index in [2.05, 4.69) is 15.8 Å². The molecule has 0 aliphatic heterocycles. The summed E-state index contributed by atoms with van der Waals surface area (Å²) in [5, 5.41) is 6.85. The molecular weight excluding hydrogens is 386 g/mol. The van der Waals surface area contributed by atoms with E-state index >= 15 is 0 Å². The van der Waals surface area contributed by atoms with E-state index in [0.29, 0.717) is 27.8 Å². The zero-order valence-electron chi connectivity index (χ0n) is 15.4. The smallest absolute Gasteiger partial charge is 0.259 e. The zero-order chi connectivity index (χ0) is 20.4. The number of amides is 2. The van der Waals surface area contributed by atoms with E-state index in [1.54, 1.807) is 49.6 Å². The molecule has 0 saturated carbocycles. The first kappa shape index (κ1) is 21.0. The van der Waals surface area contributed by atoms with E-state index in [1.807, 2.05) is 0 Å². The summed E-state index contributed by atoms with van der Waals surface area (Å²) >= 11 is 5.77. The molecule has 0 saturated heterocycles. The number of nitrogens with one attached hydrogen (secondary N) is 2. The van der Waals surface area contributed by atoms with Gasteiger partial charge in [0.05, 0.1) is 27.0 Å². The number of benzene rings is 2. The average molecular weight is 406 g/mol. The summed E-state index contributed by atoms with van der Waals surface area (Å²) in [5.74, 6) is 0.767. The Bertz CT molecular complexity index is 840. The van der Waals surface area contributed by atoms with Crippen LogP contribution in [0.3, 0.4) is 0 Å². The van der Waals surface area contributed by atoms with E-state index in [4.69, 9.17) is 25.8 Å². The van der Waals surface area contributed by atoms with Crippen LogP contribution in [0.25, 0.3) is 0 Å². The van der Waals surface area contributed by atoms with Crippen molar-refractivity contribution in [2.45, 2.75) is 0 Å². The highest BCUT2D eigenvalue weighted by atomic mass is 35.5. The summed E-state index contributed by atoms with van der Waals surface area (Å²) in [6.45, 7) is -0.457. The molecule has 0 spiro atoms. The Morgan fingerprint density at radius 1 is 1.04 bits per heavy atom. The highest BCUT2D eigenvalue weighted by Gasteiger charge is 2.07. The van der Waals surface area contributed by atoms with Crippen LogP contribution in [-0.2, 0) is 9.59 Å². The van der Waals surface area contributed by atoms with Crippen molar-refractivity contribution in [1.29, 1.82) is 0 Å². The fourth-order valence-corrected chi connectivity index (χ4v) is 2.17. The van der Waals surface area contributed by atoms with E-state index in [0.717, 1.165) is 0 Å². The summed E-state index contributed by atoms with van der Waals surface area (Å²) in [4.78, 5) is 23.5. The molecule has 2 N–H and O–H groups in total. The lowest BCUT2D eigenvalue weighted by Crippen LogP contribution is -2.37. The molecule has 8 nitrogen and oxygen atoms in total. The normalized spacial score (nSPS) is 10.4. The summed E-state index contributed by atoms with van der Waals surface area (Å²) in [6, 6.07) is 11.8. The third kappa shape index (κ3) is 6.81. The Balaban J connectivity index is 1.74. The van der Waals surface area contributed by atoms with Crippen molar-refractivity contribution in [3.05, 3.63) is 53.1 Å². The first-order valence-corrected chi connectivity index (χ1v) is 8.58. The van der Waals surface area contributed by atoms with E-state index in [1.165, 1.54) is 13.3 Å². The third-order valence-electron chi connectivity index (χ3n) is 3.46. The molecule has 0 atom stereocenters. The van der Waals surface area contributed by atoms with E-state index < -0.39 is 11.8 Å². The predicted octanol–water partition coefficient (Wildman–Crippen LogP) is 2.00. The first-order chi connectivity index (χ1) is 13.5. The highest BCUT2D eigenvalue weighted by molar-refractivity contribution is 6.30. The van der Waals surface area contributed by atoms with Gasteiger partial charge in [0.1, 0.15) is 17.2 Å². The maximum absolute atomic E-state index is 11.8. The van der Waals surface area contributed by atoms with E-state index in [9.17, 15) is 9.59 Å². The van der Waals surface area contributed by atoms with Gasteiger partial charge >= 0.3 is 0 Å². The predicted molar refractivity (Wildman–Crippen MR) is 105 cm³/mol. The van der Waals surface area contributed by atoms with Gasteiger partial charge in [-0.25, -0.2) is 5.43 Å². The van der Waals surface area contributed by atoms with Crippen molar-refractivity contribution >= 4 is 29.6 Å². The standard InChI is InChI=1S/C19H20ClN3O5/c1-26-16-6-3-13(17(9-16)27-2)10-22-23-18(24)11-21-19(25)12-28-15-7-4-14(20)5-8-15/h3-10H,11-12H2,1-2H3,(H,21,25)(H,23,24)/b22-10+. The maximum Gasteiger partial charge on any atom is 0.259 e. The quantitative estimate of drug-likeness (QED) is 0.491. The zero-order valence-corrected chi connectivity index (χ0v) is 16.2. The van der Waals surface area contributed by atoms with Crippen LogP contribution < -0.4 is 25.0 Å². The lowest BCUT2D eigenvalue weighted by molar-refractivity contribution is -0.127. The van der Waals surface area contributed by atoms with Crippen LogP contribution >= 0.6 is 11.6 Å². The third-order valence-corrected chi connectivity index (χ3v) is 3.72. The maximum atomic E-state index is 11.8. The van der Waals surface area contributed by atoms with Crippen LogP contribution in [0.1, 0.15) is 5.56 Å². The van der Waals surface area contributed by atoms with Gasteiger partial charge in [0, 0.05) is 16.7 Å². The molecule has 2 amide bonds. The molecule has 2 rings (SSSR count). The minimum atomic E-state index is -0.483. The number of hydrazone groups is 1. The highest BCUT2D eigenvalue weighted by Crippen LogP contribution is 2.22. The molecular formula is C19H20ClN3O5. The molecule has 0 unspecified atom stereocenters. The Morgan fingerprint density at radius 3 is 2.43 bits per heavy atom. The van der Waals surface area contributed by atoms with Gasteiger partial charge in [-0.2, -0.15) is 5.10 Å². The molecule has 0 aromatic heterocycles. The topological polar surface area (TPSA) is 98.2 Å². The van der Waals surface area contributed by atoms with Crippen LogP contribution in [0, 0.1) is 0 Å². The van der Waals surface area contributed by atoms with Crippen LogP contribution in [0.5, 0.6) is 17.2 Å². The number of ether oxygens (including phenoxy) is 3. The molecule has 28 heavy (non-hydrogen) atoms. The molecule has 2 aromatic carbocycles. The second-order valence-electron chi connectivity index (χ2n) is 5.42. The molecule has 148 valence electrons. The van der Waals surface area contributed by atoms with Crippen LogP contribution in [-0.4, -0.2) is 45.4 Å². The molecule has 0 aliphatic carbocycles. The molecule has 9 heteroatoms. The summed E-state index contributed by atoms with van der Waals surface area (Å²) in [7, 11) is 3.07. The monoisotopic (exact) mass is 405 g/mol. The Labute approximate surface area is 167 Å². The number of halogens is 1. The van der Waals surface area contributed by atoms with Gasteiger partial charge in [-0.15, -0.1) is 0 Å². The van der Waals surface area contributed by atoms with Crippen molar-refractivity contribution in [2.75, 3.05) is 27.4 Å². The SMILES string of the molecule is COc1ccc(/C=N/NC(=O)CNC(=O)COc2ccc(Cl)cc2)c(OC)c1. The molecule has 2 aromatic rings. The number of hydrogen-bond donors (Lipinski definition) is 2. The van der Waals surface area contributed by atoms with Gasteiger partial charge in [0.25, 0.3) is 11.8 Å². The second-order valence-corrected chi connectivity index (χ2v) is 5.86. The van der Waals surface area contributed by atoms with Gasteiger partial charge in [-0.3, -0.25) is 9.59 Å². The largest absolute Gasteiger partial charge is 0.497 e. The molecule has 0 aliphatic rings. The van der Waals surface area contributed by atoms with Crippen molar-refractivity contribution in [3.8, 4) is 17.2 Å². The fourth-order valence-electron chi connectivity index (χ4n) is 2.05. The van der Waals surface area contributed by atoms with Crippen molar-refractivity contribution in [3.63, 3.8) is 0 Å². The van der Waals surface area contributed by atoms with Crippen molar-refractivity contribution < 1.29 is 23.8 Å². The fraction of sp³-hybridized carbons (Fsp3) is 0.211. The molecule has 0 bridgehead atoms. The minimum absolute atomic E-state index is 0.221. The van der Waals surface area contributed by atoms with Crippen LogP contribution in [0.15, 0.2) is 47.6 Å². The van der Waals surface area contributed by atoms with Crippen molar-refractivity contribution in [2.24, 2.45) is 5.10 Å². The van der Waals surface area contributed by atoms with E-state index in [-0.39, 0.29) is 13.2 Å². The first-order valence-electron chi connectivity index (χ1n) is 8.21. The number of carbonyl (C=O) groups is 2. The molecule has 0 heterocycles. The van der Waals surface area contributed by atoms with Crippen LogP contribution in [0.4, 0.5) is 0 Å². The minimum Gasteiger partial charge on any atom is -0.497 e. The number of hydrogen-bond acceptors (Lipinski definition) is 6. The van der Waals surface area contributed by atoms with Gasteiger partial charge in [0.15, 0.2) is 6.61 Å². The second kappa shape index (κ2) is 10.8. The van der Waals surface area contributed by atoms with Gasteiger partial charge in [-0.05, 0) is 36.4 Å². The van der Waals surface area contributed by atoms with Crippen molar-refractivity contribution in [1.82, 2.24) is 10.7 Å². The lowest BCUT2D eigenvalue weighted by Gasteiger charge is -2.08.